The van der Waals surface area contributed by atoms with Crippen molar-refractivity contribution in [2.45, 2.75) is 25.8 Å². The highest BCUT2D eigenvalue weighted by Crippen LogP contribution is 2.53. The van der Waals surface area contributed by atoms with Crippen molar-refractivity contribution in [2.24, 2.45) is 17.8 Å². The number of piperidine rings is 1. The molecule has 1 aliphatic heterocycles. The zero-order valence-corrected chi connectivity index (χ0v) is 14.9. The van der Waals surface area contributed by atoms with Crippen molar-refractivity contribution >= 4 is 28.2 Å². The van der Waals surface area contributed by atoms with Crippen molar-refractivity contribution in [3.05, 3.63) is 35.7 Å². The number of hydrogen-bond acceptors (Lipinski definition) is 3. The van der Waals surface area contributed by atoms with Gasteiger partial charge < -0.3 is 4.90 Å². The number of hydrogen-bond donors (Lipinski definition) is 0. The van der Waals surface area contributed by atoms with Crippen molar-refractivity contribution in [2.75, 3.05) is 18.0 Å². The fraction of sp³-hybridized carbons (Fsp3) is 0.474. The summed E-state index contributed by atoms with van der Waals surface area (Å²) in [6.07, 6.45) is 8.37. The van der Waals surface area contributed by atoms with Gasteiger partial charge in [0.25, 0.3) is 0 Å². The van der Waals surface area contributed by atoms with Crippen LogP contribution in [0.25, 0.3) is 16.6 Å². The number of fused-ring (bicyclic) bond motifs is 2. The molecule has 1 aromatic carbocycles. The SMILES string of the molecule is CC1C2CN(c3cc4c(cnn4-c4cnn(C5CC5)c4)cc3Cl)CC12. The first-order chi connectivity index (χ1) is 12.2. The maximum absolute atomic E-state index is 6.60. The van der Waals surface area contributed by atoms with Crippen LogP contribution in [0.3, 0.4) is 0 Å². The summed E-state index contributed by atoms with van der Waals surface area (Å²) < 4.78 is 4.05. The maximum atomic E-state index is 6.60. The smallest absolute Gasteiger partial charge is 0.103 e. The minimum atomic E-state index is 0.582. The molecule has 2 unspecified atom stereocenters. The first kappa shape index (κ1) is 14.2. The molecule has 0 spiro atoms. The van der Waals surface area contributed by atoms with Crippen LogP contribution in [0.1, 0.15) is 25.8 Å². The molecule has 3 heterocycles. The van der Waals surface area contributed by atoms with E-state index in [2.05, 4.69) is 45.0 Å². The molecule has 2 aromatic heterocycles. The molecule has 6 rings (SSSR count). The summed E-state index contributed by atoms with van der Waals surface area (Å²) in [5.74, 6) is 2.60. The van der Waals surface area contributed by atoms with Gasteiger partial charge in [0, 0.05) is 18.5 Å². The number of benzene rings is 1. The topological polar surface area (TPSA) is 38.9 Å². The lowest BCUT2D eigenvalue weighted by Gasteiger charge is -2.22. The highest BCUT2D eigenvalue weighted by molar-refractivity contribution is 6.34. The van der Waals surface area contributed by atoms with Gasteiger partial charge in [-0.05, 0) is 42.7 Å². The molecule has 3 aliphatic rings. The van der Waals surface area contributed by atoms with E-state index in [1.54, 1.807) is 0 Å². The average Bonchev–Trinajstić information content (AvgIpc) is 3.32. The highest BCUT2D eigenvalue weighted by Gasteiger charge is 2.52. The van der Waals surface area contributed by atoms with E-state index in [-0.39, 0.29) is 0 Å². The van der Waals surface area contributed by atoms with Crippen LogP contribution in [-0.2, 0) is 0 Å². The molecule has 0 N–H and O–H groups in total. The zero-order chi connectivity index (χ0) is 16.7. The lowest BCUT2D eigenvalue weighted by atomic mass is 10.2. The molecule has 1 saturated heterocycles. The Hall–Kier alpha value is -2.01. The standard InChI is InChI=1S/C19H20ClN5/c1-11-15-9-23(10-16(11)15)19-5-18-12(4-17(19)20)6-22-25(18)14-7-21-24(8-14)13-2-3-13/h4-8,11,13,15-16H,2-3,9-10H2,1H3. The lowest BCUT2D eigenvalue weighted by Crippen LogP contribution is -2.23. The van der Waals surface area contributed by atoms with Crippen molar-refractivity contribution in [3.8, 4) is 5.69 Å². The van der Waals surface area contributed by atoms with Crippen molar-refractivity contribution in [1.82, 2.24) is 19.6 Å². The maximum Gasteiger partial charge on any atom is 0.103 e. The van der Waals surface area contributed by atoms with Gasteiger partial charge in [-0.1, -0.05) is 18.5 Å². The highest BCUT2D eigenvalue weighted by atomic mass is 35.5. The second-order valence-electron chi connectivity index (χ2n) is 7.92. The van der Waals surface area contributed by atoms with Crippen molar-refractivity contribution in [3.63, 3.8) is 0 Å². The molecule has 0 radical (unpaired) electrons. The van der Waals surface area contributed by atoms with E-state index in [9.17, 15) is 0 Å². The minimum Gasteiger partial charge on any atom is -0.370 e. The zero-order valence-electron chi connectivity index (χ0n) is 14.1. The van der Waals surface area contributed by atoms with Gasteiger partial charge in [0.2, 0.25) is 0 Å². The minimum absolute atomic E-state index is 0.582. The molecule has 2 saturated carbocycles. The number of halogens is 1. The second kappa shape index (κ2) is 4.79. The molecule has 5 nitrogen and oxygen atoms in total. The largest absolute Gasteiger partial charge is 0.370 e. The first-order valence-electron chi connectivity index (χ1n) is 9.16. The number of aromatic nitrogens is 4. The summed E-state index contributed by atoms with van der Waals surface area (Å²) in [5, 5.41) is 11.0. The molecule has 25 heavy (non-hydrogen) atoms. The van der Waals surface area contributed by atoms with Gasteiger partial charge in [-0.3, -0.25) is 4.68 Å². The third kappa shape index (κ3) is 2.08. The number of rotatable bonds is 3. The fourth-order valence-electron chi connectivity index (χ4n) is 4.48. The van der Waals surface area contributed by atoms with Crippen LogP contribution in [0.15, 0.2) is 30.7 Å². The quantitative estimate of drug-likeness (QED) is 0.716. The Morgan fingerprint density at radius 3 is 2.64 bits per heavy atom. The molecule has 0 bridgehead atoms. The third-order valence-corrected chi connectivity index (χ3v) is 6.66. The van der Waals surface area contributed by atoms with Crippen LogP contribution in [0.2, 0.25) is 5.02 Å². The van der Waals surface area contributed by atoms with Crippen LogP contribution >= 0.6 is 11.6 Å². The van der Waals surface area contributed by atoms with Gasteiger partial charge in [-0.15, -0.1) is 0 Å². The normalized spacial score (nSPS) is 27.9. The monoisotopic (exact) mass is 353 g/mol. The van der Waals surface area contributed by atoms with Gasteiger partial charge in [-0.25, -0.2) is 4.68 Å². The van der Waals surface area contributed by atoms with Crippen LogP contribution in [0.4, 0.5) is 5.69 Å². The summed E-state index contributed by atoms with van der Waals surface area (Å²) >= 11 is 6.60. The molecule has 3 aromatic rings. The molecule has 2 atom stereocenters. The Labute approximate surface area is 151 Å². The number of anilines is 1. The Morgan fingerprint density at radius 1 is 1.08 bits per heavy atom. The second-order valence-corrected chi connectivity index (χ2v) is 8.33. The molecular formula is C19H20ClN5. The summed E-state index contributed by atoms with van der Waals surface area (Å²) in [5.41, 5.74) is 3.27. The molecule has 128 valence electrons. The van der Waals surface area contributed by atoms with E-state index < -0.39 is 0 Å². The van der Waals surface area contributed by atoms with E-state index in [0.717, 1.165) is 58.1 Å². The Morgan fingerprint density at radius 2 is 1.88 bits per heavy atom. The summed E-state index contributed by atoms with van der Waals surface area (Å²) in [4.78, 5) is 2.45. The lowest BCUT2D eigenvalue weighted by molar-refractivity contribution is 0.641. The van der Waals surface area contributed by atoms with Crippen molar-refractivity contribution < 1.29 is 0 Å². The Balaban J connectivity index is 1.41. The third-order valence-electron chi connectivity index (χ3n) is 6.35. The predicted octanol–water partition coefficient (Wildman–Crippen LogP) is 3.91. The van der Waals surface area contributed by atoms with Gasteiger partial charge in [0.15, 0.2) is 0 Å². The molecule has 6 heteroatoms. The fourth-order valence-corrected chi connectivity index (χ4v) is 4.77. The van der Waals surface area contributed by atoms with Gasteiger partial charge >= 0.3 is 0 Å². The Kier molecular flexibility index (Phi) is 2.72. The van der Waals surface area contributed by atoms with E-state index >= 15 is 0 Å². The molecule has 0 amide bonds. The van der Waals surface area contributed by atoms with Crippen molar-refractivity contribution in [1.29, 1.82) is 0 Å². The van der Waals surface area contributed by atoms with Gasteiger partial charge in [0.05, 0.1) is 40.9 Å². The van der Waals surface area contributed by atoms with Crippen LogP contribution in [-0.4, -0.2) is 32.7 Å². The average molecular weight is 354 g/mol. The summed E-state index contributed by atoms with van der Waals surface area (Å²) in [6.45, 7) is 4.62. The van der Waals surface area contributed by atoms with Crippen LogP contribution in [0.5, 0.6) is 0 Å². The van der Waals surface area contributed by atoms with E-state index in [4.69, 9.17) is 11.6 Å². The van der Waals surface area contributed by atoms with E-state index in [0.29, 0.717) is 6.04 Å². The van der Waals surface area contributed by atoms with E-state index in [1.165, 1.54) is 12.8 Å². The number of nitrogens with zero attached hydrogens (tertiary/aromatic N) is 5. The summed E-state index contributed by atoms with van der Waals surface area (Å²) in [7, 11) is 0. The summed E-state index contributed by atoms with van der Waals surface area (Å²) in [6, 6.07) is 4.84. The van der Waals surface area contributed by atoms with E-state index in [1.807, 2.05) is 17.1 Å². The molecule has 2 aliphatic carbocycles. The predicted molar refractivity (Wildman–Crippen MR) is 98.5 cm³/mol. The first-order valence-corrected chi connectivity index (χ1v) is 9.53. The Bertz CT molecular complexity index is 973. The van der Waals surface area contributed by atoms with Crippen LogP contribution < -0.4 is 4.90 Å². The molecular weight excluding hydrogens is 334 g/mol. The van der Waals surface area contributed by atoms with Crippen LogP contribution in [0, 0.1) is 17.8 Å². The van der Waals surface area contributed by atoms with Gasteiger partial charge in [0.1, 0.15) is 5.69 Å². The molecule has 3 fully saturated rings. The van der Waals surface area contributed by atoms with Gasteiger partial charge in [-0.2, -0.15) is 10.2 Å².